The van der Waals surface area contributed by atoms with Gasteiger partial charge in [0.1, 0.15) is 5.69 Å². The molecule has 0 saturated heterocycles. The van der Waals surface area contributed by atoms with Gasteiger partial charge >= 0.3 is 6.18 Å². The molecule has 0 fully saturated rings. The van der Waals surface area contributed by atoms with E-state index in [0.29, 0.717) is 4.68 Å². The largest absolute Gasteiger partial charge is 0.433 e. The molecule has 0 aliphatic rings. The van der Waals surface area contributed by atoms with Crippen molar-refractivity contribution in [3.63, 3.8) is 0 Å². The molecule has 1 heterocycles. The molecule has 66 valence electrons. The van der Waals surface area contributed by atoms with Crippen LogP contribution in [0.25, 0.3) is 0 Å². The third kappa shape index (κ3) is 1.32. The zero-order chi connectivity index (χ0) is 9.35. The second-order valence-corrected chi connectivity index (χ2v) is 2.27. The Morgan fingerprint density at radius 2 is 2.00 bits per heavy atom. The highest BCUT2D eigenvalue weighted by Gasteiger charge is 2.34. The monoisotopic (exact) mass is 177 g/mol. The highest BCUT2D eigenvalue weighted by Crippen LogP contribution is 2.30. The number of alkyl halides is 3. The Morgan fingerprint density at radius 1 is 1.42 bits per heavy atom. The zero-order valence-electron chi connectivity index (χ0n) is 6.18. The van der Waals surface area contributed by atoms with E-state index in [2.05, 4.69) is 5.22 Å². The van der Waals surface area contributed by atoms with Crippen LogP contribution in [0, 0.1) is 12.5 Å². The van der Waals surface area contributed by atoms with Crippen LogP contribution in [0.4, 0.5) is 13.2 Å². The van der Waals surface area contributed by atoms with Gasteiger partial charge < -0.3 is 0 Å². The number of aryl methyl sites for hydroxylation is 1. The Morgan fingerprint density at radius 3 is 2.33 bits per heavy atom. The van der Waals surface area contributed by atoms with E-state index in [1.165, 1.54) is 13.0 Å². The van der Waals surface area contributed by atoms with Crippen LogP contribution in [0.1, 0.15) is 11.4 Å². The average molecular weight is 177 g/mol. The van der Waals surface area contributed by atoms with Gasteiger partial charge in [-0.05, 0) is 19.1 Å². The molecule has 6 heteroatoms. The second kappa shape index (κ2) is 2.62. The van der Waals surface area contributed by atoms with Gasteiger partial charge in [-0.3, -0.25) is 0 Å². The standard InChI is InChI=1S/C6H6F3N3/c1-4-2-3-5(6(7,8)9)12(4)11-10/h2-3,10H,1H3. The molecule has 0 atom stereocenters. The van der Waals surface area contributed by atoms with E-state index in [9.17, 15) is 13.2 Å². The summed E-state index contributed by atoms with van der Waals surface area (Å²) in [6.07, 6.45) is -4.45. The zero-order valence-corrected chi connectivity index (χ0v) is 6.18. The Balaban J connectivity index is 3.25. The highest BCUT2D eigenvalue weighted by atomic mass is 19.4. The van der Waals surface area contributed by atoms with Crippen molar-refractivity contribution in [1.82, 2.24) is 4.68 Å². The first-order valence-corrected chi connectivity index (χ1v) is 3.10. The van der Waals surface area contributed by atoms with E-state index in [0.717, 1.165) is 6.07 Å². The Bertz CT molecular complexity index is 299. The Hall–Kier alpha value is -1.33. The topological polar surface area (TPSA) is 41.1 Å². The van der Waals surface area contributed by atoms with Gasteiger partial charge in [-0.1, -0.05) is 5.22 Å². The van der Waals surface area contributed by atoms with Gasteiger partial charge in [-0.25, -0.2) is 4.68 Å². The van der Waals surface area contributed by atoms with Crippen LogP contribution in [-0.4, -0.2) is 4.68 Å². The number of aromatic nitrogens is 1. The molecule has 0 amide bonds. The summed E-state index contributed by atoms with van der Waals surface area (Å²) in [5.74, 6) is 0. The first kappa shape index (κ1) is 8.76. The van der Waals surface area contributed by atoms with E-state index in [1.807, 2.05) is 0 Å². The molecule has 0 bridgehead atoms. The van der Waals surface area contributed by atoms with Gasteiger partial charge in [0.15, 0.2) is 0 Å². The maximum Gasteiger partial charge on any atom is 0.433 e. The van der Waals surface area contributed by atoms with Crippen LogP contribution in [0.2, 0.25) is 0 Å². The first-order valence-electron chi connectivity index (χ1n) is 3.10. The lowest BCUT2D eigenvalue weighted by Crippen LogP contribution is -2.10. The maximum absolute atomic E-state index is 12.1. The lowest BCUT2D eigenvalue weighted by Gasteiger charge is -2.06. The molecule has 1 rings (SSSR count). The van der Waals surface area contributed by atoms with Crippen molar-refractivity contribution in [3.8, 4) is 0 Å². The van der Waals surface area contributed by atoms with Crippen LogP contribution in [0.3, 0.4) is 0 Å². The number of hydrogen-bond donors (Lipinski definition) is 1. The van der Waals surface area contributed by atoms with Crippen molar-refractivity contribution >= 4 is 0 Å². The molecule has 1 aromatic heterocycles. The summed E-state index contributed by atoms with van der Waals surface area (Å²) in [7, 11) is 0. The van der Waals surface area contributed by atoms with Crippen LogP contribution >= 0.6 is 0 Å². The lowest BCUT2D eigenvalue weighted by atomic mass is 10.4. The SMILES string of the molecule is Cc1ccc(C(F)(F)F)n1N=N. The molecule has 0 aliphatic heterocycles. The number of rotatable bonds is 1. The van der Waals surface area contributed by atoms with Crippen molar-refractivity contribution in [2.24, 2.45) is 5.22 Å². The molecular formula is C6H6F3N3. The molecule has 0 saturated carbocycles. The number of nitrogens with zero attached hydrogens (tertiary/aromatic N) is 2. The Labute approximate surface area is 66.3 Å². The lowest BCUT2D eigenvalue weighted by molar-refractivity contribution is -0.143. The number of halogens is 3. The number of nitrogens with one attached hydrogen (secondary N) is 1. The summed E-state index contributed by atoms with van der Waals surface area (Å²) in [6, 6.07) is 2.16. The smallest absolute Gasteiger partial charge is 0.215 e. The second-order valence-electron chi connectivity index (χ2n) is 2.27. The molecule has 1 aromatic rings. The molecule has 0 aliphatic carbocycles. The molecular weight excluding hydrogens is 171 g/mol. The van der Waals surface area contributed by atoms with Gasteiger partial charge in [0, 0.05) is 5.69 Å². The quantitative estimate of drug-likeness (QED) is 0.640. The van der Waals surface area contributed by atoms with Gasteiger partial charge in [-0.2, -0.15) is 18.7 Å². The summed E-state index contributed by atoms with van der Waals surface area (Å²) >= 11 is 0. The van der Waals surface area contributed by atoms with Crippen LogP contribution in [-0.2, 0) is 6.18 Å². The molecule has 1 N–H and O–H groups in total. The molecule has 0 aromatic carbocycles. The summed E-state index contributed by atoms with van der Waals surface area (Å²) in [6.45, 7) is 1.45. The van der Waals surface area contributed by atoms with Crippen LogP contribution in [0.5, 0.6) is 0 Å². The van der Waals surface area contributed by atoms with E-state index in [-0.39, 0.29) is 5.69 Å². The molecule has 3 nitrogen and oxygen atoms in total. The van der Waals surface area contributed by atoms with E-state index >= 15 is 0 Å². The van der Waals surface area contributed by atoms with Crippen molar-refractivity contribution in [2.75, 3.05) is 0 Å². The summed E-state index contributed by atoms with van der Waals surface area (Å²) in [5, 5.41) is 2.74. The molecule has 12 heavy (non-hydrogen) atoms. The predicted octanol–water partition coefficient (Wildman–Crippen LogP) is 2.61. The van der Waals surface area contributed by atoms with Gasteiger partial charge in [-0.15, -0.1) is 0 Å². The summed E-state index contributed by atoms with van der Waals surface area (Å²) in [4.78, 5) is 0. The Kier molecular flexibility index (Phi) is 1.91. The third-order valence-electron chi connectivity index (χ3n) is 1.44. The fourth-order valence-electron chi connectivity index (χ4n) is 0.878. The highest BCUT2D eigenvalue weighted by molar-refractivity contribution is 5.17. The van der Waals surface area contributed by atoms with Gasteiger partial charge in [0.25, 0.3) is 0 Å². The third-order valence-corrected chi connectivity index (χ3v) is 1.44. The molecule has 0 unspecified atom stereocenters. The fraction of sp³-hybridized carbons (Fsp3) is 0.333. The maximum atomic E-state index is 12.1. The average Bonchev–Trinajstić information content (AvgIpc) is 2.29. The normalized spacial score (nSPS) is 11.7. The van der Waals surface area contributed by atoms with Crippen molar-refractivity contribution in [2.45, 2.75) is 13.1 Å². The first-order chi connectivity index (χ1) is 5.46. The molecule has 0 radical (unpaired) electrons. The van der Waals surface area contributed by atoms with Crippen LogP contribution < -0.4 is 0 Å². The van der Waals surface area contributed by atoms with Gasteiger partial charge in [0.2, 0.25) is 0 Å². The number of hydrogen-bond acceptors (Lipinski definition) is 2. The van der Waals surface area contributed by atoms with E-state index < -0.39 is 11.9 Å². The van der Waals surface area contributed by atoms with Crippen LogP contribution in [0.15, 0.2) is 17.4 Å². The van der Waals surface area contributed by atoms with E-state index in [1.54, 1.807) is 0 Å². The minimum atomic E-state index is -4.45. The minimum Gasteiger partial charge on any atom is -0.215 e. The predicted molar refractivity (Wildman–Crippen MR) is 34.7 cm³/mol. The van der Waals surface area contributed by atoms with Gasteiger partial charge in [0.05, 0.1) is 0 Å². The summed E-state index contributed by atoms with van der Waals surface area (Å²) < 4.78 is 36.8. The summed E-state index contributed by atoms with van der Waals surface area (Å²) in [5.41, 5.74) is 5.88. The minimum absolute atomic E-state index is 0.289. The fourth-order valence-corrected chi connectivity index (χ4v) is 0.878. The van der Waals surface area contributed by atoms with Crippen molar-refractivity contribution in [3.05, 3.63) is 23.5 Å². The molecule has 0 spiro atoms. The van der Waals surface area contributed by atoms with Crippen molar-refractivity contribution < 1.29 is 13.2 Å². The van der Waals surface area contributed by atoms with Crippen molar-refractivity contribution in [1.29, 1.82) is 5.53 Å². The van der Waals surface area contributed by atoms with E-state index in [4.69, 9.17) is 5.53 Å².